The van der Waals surface area contributed by atoms with Crippen LogP contribution in [0.15, 0.2) is 0 Å². The van der Waals surface area contributed by atoms with Gasteiger partial charge in [-0.15, -0.1) is 0 Å². The first kappa shape index (κ1) is 11.3. The van der Waals surface area contributed by atoms with E-state index < -0.39 is 22.8 Å². The van der Waals surface area contributed by atoms with Crippen LogP contribution in [0.2, 0.25) is 0 Å². The summed E-state index contributed by atoms with van der Waals surface area (Å²) in [4.78, 5) is 21.7. The quantitative estimate of drug-likeness (QED) is 0.614. The summed E-state index contributed by atoms with van der Waals surface area (Å²) in [6.07, 6.45) is 0. The van der Waals surface area contributed by atoms with E-state index in [-0.39, 0.29) is 0 Å². The summed E-state index contributed by atoms with van der Waals surface area (Å²) in [5.41, 5.74) is -4.03. The molecule has 0 amide bonds. The van der Waals surface area contributed by atoms with Gasteiger partial charge in [-0.2, -0.15) is 0 Å². The number of rotatable bonds is 3. The van der Waals surface area contributed by atoms with Gasteiger partial charge in [0.15, 0.2) is 22.8 Å². The molecule has 0 fully saturated rings. The van der Waals surface area contributed by atoms with E-state index >= 15 is 0 Å². The van der Waals surface area contributed by atoms with Crippen LogP contribution in [0.3, 0.4) is 0 Å². The predicted molar refractivity (Wildman–Crippen MR) is 42.6 cm³/mol. The predicted octanol–water partition coefficient (Wildman–Crippen LogP) is -0.334. The van der Waals surface area contributed by atoms with E-state index in [1.54, 1.807) is 0 Å². The number of Topliss-reactive ketones (excluding diaryl/α,β-unsaturated/α-hetero) is 2. The molecular weight excluding hydrogens is 160 g/mol. The first-order valence-electron chi connectivity index (χ1n) is 3.61. The van der Waals surface area contributed by atoms with Crippen LogP contribution in [-0.4, -0.2) is 33.0 Å². The second-order valence-corrected chi connectivity index (χ2v) is 3.26. The van der Waals surface area contributed by atoms with Crippen LogP contribution in [-0.2, 0) is 9.59 Å². The molecule has 4 nitrogen and oxygen atoms in total. The Hall–Kier alpha value is -0.740. The van der Waals surface area contributed by atoms with Crippen molar-refractivity contribution in [1.29, 1.82) is 0 Å². The summed E-state index contributed by atoms with van der Waals surface area (Å²) in [7, 11) is 0. The molecule has 0 saturated heterocycles. The highest BCUT2D eigenvalue weighted by molar-refractivity contribution is 5.96. The molecule has 0 aromatic heterocycles. The average Bonchev–Trinajstić information content (AvgIpc) is 1.86. The summed E-state index contributed by atoms with van der Waals surface area (Å²) < 4.78 is 0. The highest BCUT2D eigenvalue weighted by Gasteiger charge is 2.49. The van der Waals surface area contributed by atoms with Gasteiger partial charge in [-0.1, -0.05) is 0 Å². The van der Waals surface area contributed by atoms with Crippen molar-refractivity contribution in [2.45, 2.75) is 38.9 Å². The third-order valence-corrected chi connectivity index (χ3v) is 2.32. The van der Waals surface area contributed by atoms with Crippen molar-refractivity contribution in [3.63, 3.8) is 0 Å². The lowest BCUT2D eigenvalue weighted by atomic mass is 9.80. The van der Waals surface area contributed by atoms with E-state index in [0.29, 0.717) is 0 Å². The van der Waals surface area contributed by atoms with Crippen LogP contribution < -0.4 is 0 Å². The zero-order chi connectivity index (χ0) is 10.2. The van der Waals surface area contributed by atoms with Crippen LogP contribution in [0, 0.1) is 0 Å². The van der Waals surface area contributed by atoms with Crippen LogP contribution in [0.1, 0.15) is 27.7 Å². The minimum Gasteiger partial charge on any atom is -0.379 e. The minimum absolute atomic E-state index is 0.636. The van der Waals surface area contributed by atoms with Crippen molar-refractivity contribution in [2.75, 3.05) is 0 Å². The second kappa shape index (κ2) is 2.95. The molecule has 70 valence electrons. The van der Waals surface area contributed by atoms with Gasteiger partial charge in [0.05, 0.1) is 0 Å². The number of ketones is 2. The molecule has 0 aliphatic heterocycles. The zero-order valence-corrected chi connectivity index (χ0v) is 7.71. The third kappa shape index (κ3) is 1.54. The highest BCUT2D eigenvalue weighted by Crippen LogP contribution is 2.23. The number of hydrogen-bond donors (Lipinski definition) is 2. The molecule has 0 aliphatic rings. The largest absolute Gasteiger partial charge is 0.379 e. The molecular formula is C8H14O4. The van der Waals surface area contributed by atoms with Crippen molar-refractivity contribution in [2.24, 2.45) is 0 Å². The molecule has 0 unspecified atom stereocenters. The van der Waals surface area contributed by atoms with Crippen molar-refractivity contribution in [1.82, 2.24) is 0 Å². The molecule has 0 spiro atoms. The Balaban J connectivity index is 5.01. The van der Waals surface area contributed by atoms with Crippen LogP contribution in [0.5, 0.6) is 0 Å². The maximum Gasteiger partial charge on any atom is 0.164 e. The van der Waals surface area contributed by atoms with E-state index in [9.17, 15) is 19.8 Å². The Morgan fingerprint density at radius 2 is 1.08 bits per heavy atom. The van der Waals surface area contributed by atoms with E-state index in [2.05, 4.69) is 0 Å². The fourth-order valence-corrected chi connectivity index (χ4v) is 0.686. The van der Waals surface area contributed by atoms with Crippen molar-refractivity contribution in [3.05, 3.63) is 0 Å². The summed E-state index contributed by atoms with van der Waals surface area (Å²) >= 11 is 0. The monoisotopic (exact) mass is 174 g/mol. The van der Waals surface area contributed by atoms with E-state index in [1.807, 2.05) is 0 Å². The Kier molecular flexibility index (Phi) is 2.77. The Morgan fingerprint density at radius 3 is 1.17 bits per heavy atom. The molecule has 2 atom stereocenters. The molecule has 12 heavy (non-hydrogen) atoms. The molecule has 0 aromatic rings. The summed E-state index contributed by atoms with van der Waals surface area (Å²) in [6.45, 7) is 4.49. The molecule has 0 rings (SSSR count). The lowest BCUT2D eigenvalue weighted by molar-refractivity contribution is -0.172. The maximum atomic E-state index is 10.9. The number of hydrogen-bond acceptors (Lipinski definition) is 4. The number of carbonyl (C=O) groups excluding carboxylic acids is 2. The fraction of sp³-hybridized carbons (Fsp3) is 0.750. The fourth-order valence-electron chi connectivity index (χ4n) is 0.686. The molecule has 0 radical (unpaired) electrons. The Labute approximate surface area is 71.2 Å². The van der Waals surface area contributed by atoms with Gasteiger partial charge in [0.25, 0.3) is 0 Å². The van der Waals surface area contributed by atoms with Gasteiger partial charge < -0.3 is 10.2 Å². The van der Waals surface area contributed by atoms with Gasteiger partial charge >= 0.3 is 0 Å². The highest BCUT2D eigenvalue weighted by atomic mass is 16.4. The van der Waals surface area contributed by atoms with E-state index in [1.165, 1.54) is 0 Å². The topological polar surface area (TPSA) is 74.6 Å². The maximum absolute atomic E-state index is 10.9. The number of aliphatic hydroxyl groups is 2. The number of carbonyl (C=O) groups is 2. The summed E-state index contributed by atoms with van der Waals surface area (Å²) in [5, 5.41) is 18.9. The van der Waals surface area contributed by atoms with Gasteiger partial charge in [0, 0.05) is 0 Å². The van der Waals surface area contributed by atoms with Crippen molar-refractivity contribution >= 4 is 11.6 Å². The third-order valence-electron chi connectivity index (χ3n) is 2.32. The minimum atomic E-state index is -2.02. The van der Waals surface area contributed by atoms with E-state index in [4.69, 9.17) is 0 Å². The van der Waals surface area contributed by atoms with Gasteiger partial charge in [0.1, 0.15) is 0 Å². The molecule has 4 heteroatoms. The van der Waals surface area contributed by atoms with Gasteiger partial charge in [0.2, 0.25) is 0 Å². The first-order chi connectivity index (χ1) is 5.14. The van der Waals surface area contributed by atoms with Crippen LogP contribution in [0.4, 0.5) is 0 Å². The molecule has 0 saturated carbocycles. The normalized spacial score (nSPS) is 20.8. The molecule has 2 N–H and O–H groups in total. The zero-order valence-electron chi connectivity index (χ0n) is 7.71. The smallest absolute Gasteiger partial charge is 0.164 e. The molecule has 0 heterocycles. The van der Waals surface area contributed by atoms with Gasteiger partial charge in [-0.3, -0.25) is 9.59 Å². The molecule has 0 bridgehead atoms. The van der Waals surface area contributed by atoms with Gasteiger partial charge in [-0.05, 0) is 27.7 Å². The first-order valence-corrected chi connectivity index (χ1v) is 3.61. The lowest BCUT2D eigenvalue weighted by Gasteiger charge is -2.33. The van der Waals surface area contributed by atoms with Crippen molar-refractivity contribution in [3.8, 4) is 0 Å². The lowest BCUT2D eigenvalue weighted by Crippen LogP contribution is -2.58. The molecule has 0 aromatic carbocycles. The van der Waals surface area contributed by atoms with E-state index in [0.717, 1.165) is 27.7 Å². The average molecular weight is 174 g/mol. The summed E-state index contributed by atoms with van der Waals surface area (Å²) in [6, 6.07) is 0. The SMILES string of the molecule is CC(=O)[C@](C)(O)[C@](C)(O)C(C)=O. The summed E-state index contributed by atoms with van der Waals surface area (Å²) in [5.74, 6) is -1.27. The van der Waals surface area contributed by atoms with Crippen LogP contribution >= 0.6 is 0 Å². The van der Waals surface area contributed by atoms with Gasteiger partial charge in [-0.25, -0.2) is 0 Å². The Morgan fingerprint density at radius 1 is 0.917 bits per heavy atom. The Bertz CT molecular complexity index is 191. The molecule has 0 aliphatic carbocycles. The standard InChI is InChI=1S/C8H14O4/c1-5(9)7(3,11)8(4,12)6(2)10/h11-12H,1-4H3/t7-,8+. The van der Waals surface area contributed by atoms with Crippen LogP contribution in [0.25, 0.3) is 0 Å². The second-order valence-electron chi connectivity index (χ2n) is 3.26. The van der Waals surface area contributed by atoms with Crippen molar-refractivity contribution < 1.29 is 19.8 Å².